The van der Waals surface area contributed by atoms with Crippen LogP contribution in [-0.2, 0) is 4.79 Å². The number of aliphatic hydroxyl groups is 2. The van der Waals surface area contributed by atoms with Gasteiger partial charge in [0.1, 0.15) is 0 Å². The highest BCUT2D eigenvalue weighted by atomic mass is 16.4. The first-order valence-corrected chi connectivity index (χ1v) is 5.04. The zero-order valence-electron chi connectivity index (χ0n) is 9.58. The Hall–Kier alpha value is -0.650. The molecule has 0 saturated heterocycles. The second-order valence-corrected chi connectivity index (χ2v) is 4.49. The van der Waals surface area contributed by atoms with Crippen LogP contribution in [0.2, 0.25) is 0 Å². The lowest BCUT2D eigenvalue weighted by molar-refractivity contribution is -0.147. The van der Waals surface area contributed by atoms with E-state index in [1.807, 2.05) is 6.92 Å². The maximum atomic E-state index is 10.8. The molecule has 4 N–H and O–H groups in total. The van der Waals surface area contributed by atoms with E-state index in [1.54, 1.807) is 13.8 Å². The quantitative estimate of drug-likeness (QED) is 0.477. The van der Waals surface area contributed by atoms with Gasteiger partial charge in [0.05, 0.1) is 24.2 Å². The summed E-state index contributed by atoms with van der Waals surface area (Å²) in [7, 11) is 0. The first-order valence-electron chi connectivity index (χ1n) is 5.04. The van der Waals surface area contributed by atoms with Crippen molar-refractivity contribution in [3.63, 3.8) is 0 Å². The molecule has 0 rings (SSSR count). The first kappa shape index (κ1) is 14.3. The zero-order valence-corrected chi connectivity index (χ0v) is 9.58. The molecule has 0 unspecified atom stereocenters. The van der Waals surface area contributed by atoms with E-state index in [2.05, 4.69) is 5.32 Å². The monoisotopic (exact) mass is 219 g/mol. The summed E-state index contributed by atoms with van der Waals surface area (Å²) in [5.74, 6) is -0.907. The van der Waals surface area contributed by atoms with Crippen LogP contribution in [0, 0.1) is 5.41 Å². The fourth-order valence-electron chi connectivity index (χ4n) is 0.994. The number of aliphatic hydroxyl groups excluding tert-OH is 2. The van der Waals surface area contributed by atoms with E-state index in [0.29, 0.717) is 6.42 Å². The lowest BCUT2D eigenvalue weighted by Gasteiger charge is -2.33. The average molecular weight is 219 g/mol. The van der Waals surface area contributed by atoms with Crippen LogP contribution in [0.5, 0.6) is 0 Å². The summed E-state index contributed by atoms with van der Waals surface area (Å²) in [5.41, 5.74) is -1.70. The number of carbonyl (C=O) groups is 1. The van der Waals surface area contributed by atoms with Crippen LogP contribution < -0.4 is 5.32 Å². The fraction of sp³-hybridized carbons (Fsp3) is 0.900. The summed E-state index contributed by atoms with van der Waals surface area (Å²) in [5, 5.41) is 30.1. The van der Waals surface area contributed by atoms with Crippen molar-refractivity contribution in [1.82, 2.24) is 5.32 Å². The third kappa shape index (κ3) is 3.77. The summed E-state index contributed by atoms with van der Waals surface area (Å²) in [6.07, 6.45) is 0.537. The second-order valence-electron chi connectivity index (χ2n) is 4.49. The molecule has 90 valence electrons. The zero-order chi connectivity index (χ0) is 12.1. The number of hydrogen-bond acceptors (Lipinski definition) is 4. The Morgan fingerprint density at radius 2 is 1.73 bits per heavy atom. The molecule has 0 spiro atoms. The Morgan fingerprint density at radius 3 is 2.00 bits per heavy atom. The lowest BCUT2D eigenvalue weighted by Crippen LogP contribution is -2.54. The van der Waals surface area contributed by atoms with Crippen molar-refractivity contribution in [1.29, 1.82) is 0 Å². The Morgan fingerprint density at radius 1 is 1.27 bits per heavy atom. The maximum Gasteiger partial charge on any atom is 0.310 e. The molecule has 0 saturated carbocycles. The van der Waals surface area contributed by atoms with E-state index >= 15 is 0 Å². The Labute approximate surface area is 90.1 Å². The summed E-state index contributed by atoms with van der Waals surface area (Å²) < 4.78 is 0. The van der Waals surface area contributed by atoms with E-state index < -0.39 is 16.9 Å². The normalized spacial score (nSPS) is 12.9. The predicted octanol–water partition coefficient (Wildman–Crippen LogP) is -0.180. The van der Waals surface area contributed by atoms with Crippen molar-refractivity contribution in [2.75, 3.05) is 19.8 Å². The van der Waals surface area contributed by atoms with Crippen molar-refractivity contribution in [2.24, 2.45) is 5.41 Å². The van der Waals surface area contributed by atoms with Crippen LogP contribution in [0.15, 0.2) is 0 Å². The SMILES string of the molecule is CCC(CO)(CO)NCC(C)(C)C(=O)O. The molecule has 0 aliphatic heterocycles. The smallest absolute Gasteiger partial charge is 0.310 e. The Balaban J connectivity index is 4.40. The summed E-state index contributed by atoms with van der Waals surface area (Å²) in [4.78, 5) is 10.8. The number of nitrogens with one attached hydrogen (secondary N) is 1. The number of carboxylic acid groups (broad SMARTS) is 1. The molecule has 0 aliphatic rings. The van der Waals surface area contributed by atoms with Gasteiger partial charge < -0.3 is 20.6 Å². The standard InChI is InChI=1S/C10H21NO4/c1-4-10(6-12,7-13)11-5-9(2,3)8(14)15/h11-13H,4-7H2,1-3H3,(H,14,15). The molecule has 0 amide bonds. The molecule has 0 aromatic carbocycles. The van der Waals surface area contributed by atoms with E-state index in [0.717, 1.165) is 0 Å². The van der Waals surface area contributed by atoms with E-state index in [-0.39, 0.29) is 19.8 Å². The molecule has 0 aromatic heterocycles. The van der Waals surface area contributed by atoms with Crippen LogP contribution in [0.4, 0.5) is 0 Å². The van der Waals surface area contributed by atoms with Crippen molar-refractivity contribution < 1.29 is 20.1 Å². The lowest BCUT2D eigenvalue weighted by atomic mass is 9.90. The van der Waals surface area contributed by atoms with Gasteiger partial charge in [0, 0.05) is 6.54 Å². The average Bonchev–Trinajstić information content (AvgIpc) is 2.20. The van der Waals surface area contributed by atoms with Gasteiger partial charge in [0.25, 0.3) is 0 Å². The van der Waals surface area contributed by atoms with E-state index in [4.69, 9.17) is 15.3 Å². The van der Waals surface area contributed by atoms with Gasteiger partial charge in [-0.05, 0) is 20.3 Å². The highest BCUT2D eigenvalue weighted by molar-refractivity contribution is 5.73. The number of aliphatic carboxylic acids is 1. The Bertz CT molecular complexity index is 203. The highest BCUT2D eigenvalue weighted by Crippen LogP contribution is 2.16. The minimum atomic E-state index is -0.912. The molecule has 0 aliphatic carbocycles. The van der Waals surface area contributed by atoms with Crippen molar-refractivity contribution >= 4 is 5.97 Å². The molecular weight excluding hydrogens is 198 g/mol. The van der Waals surface area contributed by atoms with Gasteiger partial charge in [-0.3, -0.25) is 4.79 Å². The summed E-state index contributed by atoms with van der Waals surface area (Å²) >= 11 is 0. The first-order chi connectivity index (χ1) is 6.83. The number of hydrogen-bond donors (Lipinski definition) is 4. The third-order valence-electron chi connectivity index (χ3n) is 2.77. The minimum absolute atomic E-state index is 0.206. The van der Waals surface area contributed by atoms with Gasteiger partial charge in [0.2, 0.25) is 0 Å². The van der Waals surface area contributed by atoms with Gasteiger partial charge in [0.15, 0.2) is 0 Å². The molecule has 0 radical (unpaired) electrons. The largest absolute Gasteiger partial charge is 0.481 e. The van der Waals surface area contributed by atoms with E-state index in [9.17, 15) is 4.79 Å². The molecule has 0 heterocycles. The number of carboxylic acids is 1. The fourth-order valence-corrected chi connectivity index (χ4v) is 0.994. The summed E-state index contributed by atoms with van der Waals surface area (Å²) in [6, 6.07) is 0. The minimum Gasteiger partial charge on any atom is -0.481 e. The molecule has 5 heteroatoms. The Kier molecular flexibility index (Phi) is 5.20. The molecule has 0 aromatic rings. The van der Waals surface area contributed by atoms with Crippen LogP contribution in [0.3, 0.4) is 0 Å². The molecule has 0 bridgehead atoms. The van der Waals surface area contributed by atoms with Gasteiger partial charge >= 0.3 is 5.97 Å². The molecule has 0 fully saturated rings. The third-order valence-corrected chi connectivity index (χ3v) is 2.77. The van der Waals surface area contributed by atoms with Crippen LogP contribution >= 0.6 is 0 Å². The predicted molar refractivity (Wildman–Crippen MR) is 56.6 cm³/mol. The van der Waals surface area contributed by atoms with Gasteiger partial charge in [-0.1, -0.05) is 6.92 Å². The molecule has 15 heavy (non-hydrogen) atoms. The molecule has 0 atom stereocenters. The van der Waals surface area contributed by atoms with Crippen LogP contribution in [0.25, 0.3) is 0 Å². The maximum absolute atomic E-state index is 10.8. The summed E-state index contributed by atoms with van der Waals surface area (Å²) in [6.45, 7) is 4.80. The van der Waals surface area contributed by atoms with Crippen molar-refractivity contribution in [2.45, 2.75) is 32.7 Å². The van der Waals surface area contributed by atoms with Gasteiger partial charge in [-0.15, -0.1) is 0 Å². The molecule has 5 nitrogen and oxygen atoms in total. The highest BCUT2D eigenvalue weighted by Gasteiger charge is 2.32. The van der Waals surface area contributed by atoms with Crippen LogP contribution in [-0.4, -0.2) is 46.6 Å². The molecular formula is C10H21NO4. The van der Waals surface area contributed by atoms with Crippen molar-refractivity contribution in [3.8, 4) is 0 Å². The van der Waals surface area contributed by atoms with Gasteiger partial charge in [-0.25, -0.2) is 0 Å². The van der Waals surface area contributed by atoms with Gasteiger partial charge in [-0.2, -0.15) is 0 Å². The number of rotatable bonds is 7. The van der Waals surface area contributed by atoms with Crippen LogP contribution in [0.1, 0.15) is 27.2 Å². The topological polar surface area (TPSA) is 89.8 Å². The van der Waals surface area contributed by atoms with Crippen molar-refractivity contribution in [3.05, 3.63) is 0 Å². The second kappa shape index (κ2) is 5.44. The van der Waals surface area contributed by atoms with E-state index in [1.165, 1.54) is 0 Å².